The van der Waals surface area contributed by atoms with Crippen LogP contribution in [0, 0.1) is 5.92 Å². The van der Waals surface area contributed by atoms with Gasteiger partial charge >= 0.3 is 12.0 Å². The van der Waals surface area contributed by atoms with E-state index in [0.29, 0.717) is 13.1 Å². The molecular weight excluding hydrogens is 228 g/mol. The number of urea groups is 1. The van der Waals surface area contributed by atoms with E-state index < -0.39 is 18.1 Å². The van der Waals surface area contributed by atoms with Crippen molar-refractivity contribution in [3.05, 3.63) is 0 Å². The summed E-state index contributed by atoms with van der Waals surface area (Å²) < 4.78 is 0. The van der Waals surface area contributed by atoms with E-state index in [0.717, 1.165) is 12.8 Å². The predicted molar refractivity (Wildman–Crippen MR) is 58.4 cm³/mol. The molecule has 4 N–H and O–H groups in total. The standard InChI is InChI=1S/C10H18N2O5/c13-6-7-2-1-3-12(5-7)10(17)11-4-8(14)9(15)16/h7-8,13-14H,1-6H2,(H,11,17)(H,15,16). The lowest BCUT2D eigenvalue weighted by Gasteiger charge is -2.31. The third-order valence-corrected chi connectivity index (χ3v) is 2.80. The lowest BCUT2D eigenvalue weighted by Crippen LogP contribution is -2.48. The molecule has 1 aliphatic heterocycles. The van der Waals surface area contributed by atoms with E-state index in [2.05, 4.69) is 5.32 Å². The molecule has 0 bridgehead atoms. The van der Waals surface area contributed by atoms with Crippen LogP contribution in [0.5, 0.6) is 0 Å². The number of carbonyl (C=O) groups is 2. The van der Waals surface area contributed by atoms with Gasteiger partial charge in [-0.05, 0) is 18.8 Å². The number of nitrogens with zero attached hydrogens (tertiary/aromatic N) is 1. The molecule has 7 nitrogen and oxygen atoms in total. The maximum atomic E-state index is 11.6. The molecule has 0 aromatic heterocycles. The fourth-order valence-electron chi connectivity index (χ4n) is 1.78. The number of aliphatic carboxylic acids is 1. The van der Waals surface area contributed by atoms with Gasteiger partial charge in [-0.25, -0.2) is 9.59 Å². The summed E-state index contributed by atoms with van der Waals surface area (Å²) in [6.07, 6.45) is 0.121. The highest BCUT2D eigenvalue weighted by Gasteiger charge is 2.24. The molecule has 0 spiro atoms. The molecule has 0 aromatic rings. The van der Waals surface area contributed by atoms with E-state index in [9.17, 15) is 9.59 Å². The van der Waals surface area contributed by atoms with Crippen molar-refractivity contribution in [2.24, 2.45) is 5.92 Å². The second-order valence-electron chi connectivity index (χ2n) is 4.18. The first-order valence-corrected chi connectivity index (χ1v) is 5.59. The summed E-state index contributed by atoms with van der Waals surface area (Å²) in [6, 6.07) is -0.400. The smallest absolute Gasteiger partial charge is 0.334 e. The van der Waals surface area contributed by atoms with Gasteiger partial charge in [-0.2, -0.15) is 0 Å². The number of carboxylic acid groups (broad SMARTS) is 1. The van der Waals surface area contributed by atoms with E-state index in [1.54, 1.807) is 0 Å². The molecule has 17 heavy (non-hydrogen) atoms. The second kappa shape index (κ2) is 6.41. The molecule has 2 amide bonds. The first kappa shape index (κ1) is 13.7. The van der Waals surface area contributed by atoms with Gasteiger partial charge in [0.1, 0.15) is 0 Å². The van der Waals surface area contributed by atoms with Crippen molar-refractivity contribution in [2.45, 2.75) is 18.9 Å². The van der Waals surface area contributed by atoms with Crippen LogP contribution in [0.3, 0.4) is 0 Å². The zero-order chi connectivity index (χ0) is 12.8. The van der Waals surface area contributed by atoms with Gasteiger partial charge in [0, 0.05) is 19.7 Å². The third kappa shape index (κ3) is 4.20. The monoisotopic (exact) mass is 246 g/mol. The van der Waals surface area contributed by atoms with Crippen molar-refractivity contribution in [2.75, 3.05) is 26.2 Å². The molecule has 2 atom stereocenters. The highest BCUT2D eigenvalue weighted by Crippen LogP contribution is 2.15. The Morgan fingerprint density at radius 1 is 1.47 bits per heavy atom. The fraction of sp³-hybridized carbons (Fsp3) is 0.800. The van der Waals surface area contributed by atoms with Crippen LogP contribution in [-0.4, -0.2) is 64.6 Å². The van der Waals surface area contributed by atoms with E-state index in [4.69, 9.17) is 15.3 Å². The molecular formula is C10H18N2O5. The Kier molecular flexibility index (Phi) is 5.17. The Morgan fingerprint density at radius 3 is 2.76 bits per heavy atom. The highest BCUT2D eigenvalue weighted by molar-refractivity contribution is 5.76. The van der Waals surface area contributed by atoms with Crippen molar-refractivity contribution >= 4 is 12.0 Å². The lowest BCUT2D eigenvalue weighted by atomic mass is 9.99. The van der Waals surface area contributed by atoms with Crippen LogP contribution in [-0.2, 0) is 4.79 Å². The Balaban J connectivity index is 2.34. The van der Waals surface area contributed by atoms with Crippen LogP contribution in [0.4, 0.5) is 4.79 Å². The zero-order valence-corrected chi connectivity index (χ0v) is 9.50. The number of rotatable bonds is 4. The summed E-state index contributed by atoms with van der Waals surface area (Å²) in [4.78, 5) is 23.5. The van der Waals surface area contributed by atoms with Crippen LogP contribution in [0.15, 0.2) is 0 Å². The predicted octanol–water partition coefficient (Wildman–Crippen LogP) is -1.15. The number of carbonyl (C=O) groups excluding carboxylic acids is 1. The van der Waals surface area contributed by atoms with Crippen molar-refractivity contribution < 1.29 is 24.9 Å². The molecule has 1 rings (SSSR count). The van der Waals surface area contributed by atoms with Gasteiger partial charge < -0.3 is 25.5 Å². The number of aliphatic hydroxyl groups is 2. The molecule has 98 valence electrons. The Labute approximate surface area is 99.0 Å². The van der Waals surface area contributed by atoms with E-state index in [-0.39, 0.29) is 19.1 Å². The number of hydrogen-bond donors (Lipinski definition) is 4. The van der Waals surface area contributed by atoms with E-state index >= 15 is 0 Å². The largest absolute Gasteiger partial charge is 0.479 e. The van der Waals surface area contributed by atoms with Crippen molar-refractivity contribution in [1.82, 2.24) is 10.2 Å². The summed E-state index contributed by atoms with van der Waals surface area (Å²) in [6.45, 7) is 0.785. The normalized spacial score (nSPS) is 22.0. The minimum atomic E-state index is -1.59. The number of amides is 2. The zero-order valence-electron chi connectivity index (χ0n) is 9.50. The number of hydrogen-bond acceptors (Lipinski definition) is 4. The summed E-state index contributed by atoms with van der Waals surface area (Å²) in [5.41, 5.74) is 0. The minimum Gasteiger partial charge on any atom is -0.479 e. The van der Waals surface area contributed by atoms with Crippen LogP contribution >= 0.6 is 0 Å². The molecule has 0 aromatic carbocycles. The van der Waals surface area contributed by atoms with Gasteiger partial charge in [0.15, 0.2) is 6.10 Å². The Morgan fingerprint density at radius 2 is 2.18 bits per heavy atom. The van der Waals surface area contributed by atoms with Crippen molar-refractivity contribution in [1.29, 1.82) is 0 Å². The van der Waals surface area contributed by atoms with E-state index in [1.807, 2.05) is 0 Å². The van der Waals surface area contributed by atoms with Crippen LogP contribution in [0.25, 0.3) is 0 Å². The molecule has 0 aliphatic carbocycles. The third-order valence-electron chi connectivity index (χ3n) is 2.80. The van der Waals surface area contributed by atoms with Gasteiger partial charge in [-0.15, -0.1) is 0 Å². The van der Waals surface area contributed by atoms with Gasteiger partial charge in [0.25, 0.3) is 0 Å². The van der Waals surface area contributed by atoms with Gasteiger partial charge in [0.2, 0.25) is 0 Å². The second-order valence-corrected chi connectivity index (χ2v) is 4.18. The minimum absolute atomic E-state index is 0.0432. The molecule has 1 fully saturated rings. The van der Waals surface area contributed by atoms with Crippen LogP contribution in [0.2, 0.25) is 0 Å². The first-order valence-electron chi connectivity index (χ1n) is 5.59. The van der Waals surface area contributed by atoms with Crippen LogP contribution < -0.4 is 5.32 Å². The topological polar surface area (TPSA) is 110 Å². The van der Waals surface area contributed by atoms with Crippen molar-refractivity contribution in [3.63, 3.8) is 0 Å². The van der Waals surface area contributed by atoms with Gasteiger partial charge in [-0.1, -0.05) is 0 Å². The lowest BCUT2D eigenvalue weighted by molar-refractivity contribution is -0.146. The van der Waals surface area contributed by atoms with E-state index in [1.165, 1.54) is 4.90 Å². The maximum Gasteiger partial charge on any atom is 0.334 e. The number of aliphatic hydroxyl groups excluding tert-OH is 2. The highest BCUT2D eigenvalue weighted by atomic mass is 16.4. The summed E-state index contributed by atoms with van der Waals surface area (Å²) >= 11 is 0. The molecule has 1 aliphatic rings. The summed E-state index contributed by atoms with van der Waals surface area (Å²) in [5, 5.41) is 28.8. The number of carboxylic acids is 1. The number of likely N-dealkylation sites (tertiary alicyclic amines) is 1. The Hall–Kier alpha value is -1.34. The number of piperidine rings is 1. The SMILES string of the molecule is O=C(O)C(O)CNC(=O)N1CCCC(CO)C1. The molecule has 1 saturated heterocycles. The average molecular weight is 246 g/mol. The first-order chi connectivity index (χ1) is 8.04. The summed E-state index contributed by atoms with van der Waals surface area (Å²) in [7, 11) is 0. The summed E-state index contributed by atoms with van der Waals surface area (Å²) in [5.74, 6) is -1.28. The molecule has 0 saturated carbocycles. The Bertz CT molecular complexity index is 284. The average Bonchev–Trinajstić information content (AvgIpc) is 2.35. The molecule has 2 unspecified atom stereocenters. The molecule has 1 heterocycles. The quantitative estimate of drug-likeness (QED) is 0.500. The number of nitrogens with one attached hydrogen (secondary N) is 1. The van der Waals surface area contributed by atoms with Gasteiger partial charge in [-0.3, -0.25) is 0 Å². The molecule has 0 radical (unpaired) electrons. The van der Waals surface area contributed by atoms with Crippen molar-refractivity contribution in [3.8, 4) is 0 Å². The molecule has 7 heteroatoms. The van der Waals surface area contributed by atoms with Crippen LogP contribution in [0.1, 0.15) is 12.8 Å². The fourth-order valence-corrected chi connectivity index (χ4v) is 1.78. The maximum absolute atomic E-state index is 11.6. The van der Waals surface area contributed by atoms with Gasteiger partial charge in [0.05, 0.1) is 6.54 Å².